The van der Waals surface area contributed by atoms with E-state index >= 15 is 0 Å². The molecule has 1 aromatic carbocycles. The van der Waals surface area contributed by atoms with Crippen LogP contribution in [-0.4, -0.2) is 122 Å². The second-order valence-corrected chi connectivity index (χ2v) is 12.9. The van der Waals surface area contributed by atoms with E-state index in [1.165, 1.54) is 6.08 Å². The quantitative estimate of drug-likeness (QED) is 0.113. The highest BCUT2D eigenvalue weighted by molar-refractivity contribution is 5.90. The smallest absolute Gasteiger partial charge is 0.326 e. The van der Waals surface area contributed by atoms with Crippen molar-refractivity contribution < 1.29 is 68.5 Å². The number of aliphatic hydroxyl groups is 3. The van der Waals surface area contributed by atoms with Gasteiger partial charge in [0.25, 0.3) is 0 Å². The van der Waals surface area contributed by atoms with Crippen LogP contribution in [0.3, 0.4) is 0 Å². The van der Waals surface area contributed by atoms with Crippen molar-refractivity contribution in [1.82, 2.24) is 15.5 Å². The topological polar surface area (TPSA) is 259 Å². The standard InChI is InChI=1S/C32H39N3O14/c1-14(37)27(41)33-18(29(43)44)11-22(39)47-20-6-7-32(49-23(40)12-19(30(45)46)34-28(42)15(2)38)21-10-16-4-5-17(13-36)25-24(16)31(32,26(20)48-25)8-9-35(21)3/h4-6,14-15,18-19,21,26,36-38H,7-13H2,1-3H3,(H,33,41)(H,34,42)(H,43,44)(H,45,46)/t14-,15-,18-,19-,21+,26-,31-,32+/m0/s1. The molecule has 1 spiro atoms. The predicted molar refractivity (Wildman–Crippen MR) is 163 cm³/mol. The molecule has 4 aliphatic rings. The molecule has 2 aliphatic carbocycles. The number of nitrogens with one attached hydrogen (secondary N) is 2. The van der Waals surface area contributed by atoms with Crippen LogP contribution in [0.2, 0.25) is 0 Å². The van der Waals surface area contributed by atoms with Gasteiger partial charge in [-0.05, 0) is 51.9 Å². The van der Waals surface area contributed by atoms with Gasteiger partial charge in [-0.1, -0.05) is 12.1 Å². The molecule has 1 fully saturated rings. The van der Waals surface area contributed by atoms with Crippen molar-refractivity contribution in [1.29, 1.82) is 0 Å². The van der Waals surface area contributed by atoms with Crippen molar-refractivity contribution in [2.75, 3.05) is 13.6 Å². The number of esters is 2. The van der Waals surface area contributed by atoms with Crippen molar-refractivity contribution >= 4 is 35.7 Å². The number of carbonyl (C=O) groups excluding carboxylic acids is 4. The molecule has 0 saturated carbocycles. The SMILES string of the molecule is C[C@H](O)C(=O)N[C@@H](CC(=O)OC1=CC[C@@]2(OC(=O)C[C@H](NC(=O)[C@H](C)O)C(=O)O)[C@H]3Cc4ccc(CO)c5c4[C@@]2(CCN3C)[C@H]1O5)C(=O)O. The lowest BCUT2D eigenvalue weighted by Crippen LogP contribution is -2.75. The van der Waals surface area contributed by atoms with Gasteiger partial charge in [0.1, 0.15) is 41.4 Å². The molecular formula is C32H39N3O14. The molecule has 0 aromatic heterocycles. The van der Waals surface area contributed by atoms with Gasteiger partial charge in [-0.2, -0.15) is 0 Å². The normalized spacial score (nSPS) is 27.2. The van der Waals surface area contributed by atoms with Crippen LogP contribution in [0.4, 0.5) is 0 Å². The lowest BCUT2D eigenvalue weighted by molar-refractivity contribution is -0.207. The molecule has 266 valence electrons. The third-order valence-corrected chi connectivity index (χ3v) is 9.85. The van der Waals surface area contributed by atoms with Gasteiger partial charge in [0, 0.05) is 17.5 Å². The highest BCUT2D eigenvalue weighted by atomic mass is 16.6. The number of hydrogen-bond acceptors (Lipinski definition) is 13. The number of benzene rings is 1. The Morgan fingerprint density at radius 3 is 2.12 bits per heavy atom. The fraction of sp³-hybridized carbons (Fsp3) is 0.562. The van der Waals surface area contributed by atoms with Crippen molar-refractivity contribution in [3.8, 4) is 5.75 Å². The van der Waals surface area contributed by atoms with E-state index in [-0.39, 0.29) is 12.2 Å². The fourth-order valence-corrected chi connectivity index (χ4v) is 7.54. The van der Waals surface area contributed by atoms with Crippen LogP contribution in [-0.2, 0) is 56.7 Å². The van der Waals surface area contributed by atoms with Crippen LogP contribution in [0.1, 0.15) is 56.2 Å². The summed E-state index contributed by atoms with van der Waals surface area (Å²) in [5.41, 5.74) is -0.732. The molecule has 1 saturated heterocycles. The Hall–Kier alpha value is -4.58. The maximum absolute atomic E-state index is 13.7. The molecular weight excluding hydrogens is 650 g/mol. The summed E-state index contributed by atoms with van der Waals surface area (Å²) in [4.78, 5) is 76.7. The van der Waals surface area contributed by atoms with E-state index in [2.05, 4.69) is 10.6 Å². The van der Waals surface area contributed by atoms with E-state index < -0.39 is 103 Å². The second kappa shape index (κ2) is 13.4. The summed E-state index contributed by atoms with van der Waals surface area (Å²) in [6.07, 6.45) is -3.63. The molecule has 2 amide bonds. The van der Waals surface area contributed by atoms with Crippen molar-refractivity contribution in [3.05, 3.63) is 40.7 Å². The Labute approximate surface area is 279 Å². The highest BCUT2D eigenvalue weighted by Gasteiger charge is 2.74. The first-order valence-corrected chi connectivity index (χ1v) is 15.7. The molecule has 7 N–H and O–H groups in total. The number of carboxylic acids is 2. The minimum absolute atomic E-state index is 0.00785. The predicted octanol–water partition coefficient (Wildman–Crippen LogP) is -1.77. The fourth-order valence-electron chi connectivity index (χ4n) is 7.54. The minimum atomic E-state index is -1.72. The van der Waals surface area contributed by atoms with Gasteiger partial charge in [0.15, 0.2) is 6.10 Å². The molecule has 0 radical (unpaired) electrons. The average molecular weight is 690 g/mol. The number of carbonyl (C=O) groups is 6. The molecule has 17 heteroatoms. The van der Waals surface area contributed by atoms with E-state index in [1.54, 1.807) is 6.07 Å². The summed E-state index contributed by atoms with van der Waals surface area (Å²) < 4.78 is 18.6. The first-order chi connectivity index (χ1) is 23.1. The van der Waals surface area contributed by atoms with E-state index in [9.17, 15) is 54.3 Å². The van der Waals surface area contributed by atoms with Gasteiger partial charge in [0.2, 0.25) is 11.8 Å². The zero-order valence-corrected chi connectivity index (χ0v) is 27.0. The lowest BCUT2D eigenvalue weighted by atomic mass is 9.50. The lowest BCUT2D eigenvalue weighted by Gasteiger charge is -2.62. The summed E-state index contributed by atoms with van der Waals surface area (Å²) >= 11 is 0. The van der Waals surface area contributed by atoms with Gasteiger partial charge in [-0.3, -0.25) is 24.1 Å². The van der Waals surface area contributed by atoms with Gasteiger partial charge in [0.05, 0.1) is 30.9 Å². The molecule has 2 heterocycles. The minimum Gasteiger partial charge on any atom is -0.481 e. The number of aliphatic hydroxyl groups excluding tert-OH is 3. The number of likely N-dealkylation sites (N-methyl/N-ethyl adjacent to an activating group) is 1. The third-order valence-electron chi connectivity index (χ3n) is 9.85. The Bertz CT molecular complexity index is 1610. The number of carboxylic acid groups (broad SMARTS) is 2. The van der Waals surface area contributed by atoms with Crippen LogP contribution in [0.15, 0.2) is 24.0 Å². The zero-order valence-electron chi connectivity index (χ0n) is 27.0. The summed E-state index contributed by atoms with van der Waals surface area (Å²) in [5, 5.41) is 52.8. The van der Waals surface area contributed by atoms with Crippen LogP contribution in [0, 0.1) is 0 Å². The number of hydrogen-bond donors (Lipinski definition) is 7. The van der Waals surface area contributed by atoms with Crippen molar-refractivity contribution in [3.63, 3.8) is 0 Å². The first kappa shape index (κ1) is 35.7. The number of nitrogens with zero attached hydrogens (tertiary/aromatic N) is 1. The van der Waals surface area contributed by atoms with Gasteiger partial charge in [-0.25, -0.2) is 9.59 Å². The Kier molecular flexibility index (Phi) is 9.75. The number of aliphatic carboxylic acids is 2. The monoisotopic (exact) mass is 689 g/mol. The van der Waals surface area contributed by atoms with E-state index in [1.807, 2.05) is 18.0 Å². The summed E-state index contributed by atoms with van der Waals surface area (Å²) in [6, 6.07) is -0.364. The molecule has 5 rings (SSSR count). The Morgan fingerprint density at radius 2 is 1.57 bits per heavy atom. The van der Waals surface area contributed by atoms with Gasteiger partial charge >= 0.3 is 23.9 Å². The molecule has 49 heavy (non-hydrogen) atoms. The zero-order chi connectivity index (χ0) is 36.0. The largest absolute Gasteiger partial charge is 0.481 e. The maximum atomic E-state index is 13.7. The average Bonchev–Trinajstić information content (AvgIpc) is 3.38. The van der Waals surface area contributed by atoms with E-state index in [0.717, 1.165) is 19.4 Å². The third kappa shape index (κ3) is 6.11. The van der Waals surface area contributed by atoms with Gasteiger partial charge in [-0.15, -0.1) is 0 Å². The maximum Gasteiger partial charge on any atom is 0.326 e. The van der Waals surface area contributed by atoms with Crippen LogP contribution >= 0.6 is 0 Å². The van der Waals surface area contributed by atoms with E-state index in [0.29, 0.717) is 36.3 Å². The molecule has 1 aromatic rings. The Morgan fingerprint density at radius 1 is 0.980 bits per heavy atom. The van der Waals surface area contributed by atoms with Crippen LogP contribution in [0.25, 0.3) is 0 Å². The second-order valence-electron chi connectivity index (χ2n) is 12.9. The highest BCUT2D eigenvalue weighted by Crippen LogP contribution is 2.65. The molecule has 0 unspecified atom stereocenters. The molecule has 2 aliphatic heterocycles. The van der Waals surface area contributed by atoms with E-state index in [4.69, 9.17) is 14.2 Å². The molecule has 17 nitrogen and oxygen atoms in total. The van der Waals surface area contributed by atoms with Gasteiger partial charge < -0.3 is 50.4 Å². The van der Waals surface area contributed by atoms with Crippen molar-refractivity contribution in [2.24, 2.45) is 0 Å². The first-order valence-electron chi connectivity index (χ1n) is 15.7. The van der Waals surface area contributed by atoms with Crippen LogP contribution < -0.4 is 15.4 Å². The van der Waals surface area contributed by atoms with Crippen molar-refractivity contribution in [2.45, 2.75) is 100 Å². The number of likely N-dealkylation sites (tertiary alicyclic amines) is 1. The summed E-state index contributed by atoms with van der Waals surface area (Å²) in [6.45, 7) is 2.34. The van der Waals surface area contributed by atoms with Crippen LogP contribution in [0.5, 0.6) is 5.75 Å². The number of piperidine rings is 1. The summed E-state index contributed by atoms with van der Waals surface area (Å²) in [5.74, 6) is -6.74. The Balaban J connectivity index is 1.53. The summed E-state index contributed by atoms with van der Waals surface area (Å²) in [7, 11) is 1.85. The molecule has 2 bridgehead atoms. The number of amides is 2. The number of ether oxygens (including phenoxy) is 3. The molecule has 8 atom stereocenters. The number of rotatable bonds is 13.